The van der Waals surface area contributed by atoms with E-state index in [1.165, 1.54) is 0 Å². The monoisotopic (exact) mass is 407 g/mol. The number of carbonyl (C=O) groups is 1. The van der Waals surface area contributed by atoms with Gasteiger partial charge in [-0.05, 0) is 30.5 Å². The lowest BCUT2D eigenvalue weighted by Crippen LogP contribution is -2.53. The second-order valence-corrected chi connectivity index (χ2v) is 6.84. The van der Waals surface area contributed by atoms with Gasteiger partial charge in [0, 0.05) is 12.8 Å². The van der Waals surface area contributed by atoms with E-state index in [1.807, 2.05) is 11.4 Å². The zero-order valence-electron chi connectivity index (χ0n) is 14.9. The highest BCUT2D eigenvalue weighted by Gasteiger charge is 2.49. The molecule has 2 rings (SSSR count). The first-order valence-electron chi connectivity index (χ1n) is 8.61. The van der Waals surface area contributed by atoms with Crippen molar-refractivity contribution in [2.45, 2.75) is 62.3 Å². The third-order valence-electron chi connectivity index (χ3n) is 4.56. The molecule has 10 heteroatoms. The summed E-state index contributed by atoms with van der Waals surface area (Å²) in [5, 5.41) is 13.2. The number of halogens is 6. The van der Waals surface area contributed by atoms with Gasteiger partial charge in [-0.15, -0.1) is 0 Å². The quantitative estimate of drug-likeness (QED) is 0.641. The Hall–Kier alpha value is -2.28. The van der Waals surface area contributed by atoms with Gasteiger partial charge in [-0.1, -0.05) is 19.1 Å². The zero-order valence-corrected chi connectivity index (χ0v) is 14.9. The molecule has 28 heavy (non-hydrogen) atoms. The summed E-state index contributed by atoms with van der Waals surface area (Å²) in [6.07, 6.45) is -6.18. The Morgan fingerprint density at radius 3 is 2.21 bits per heavy atom. The topological polar surface area (TPSA) is 64.9 Å². The molecule has 1 amide bonds. The van der Waals surface area contributed by atoms with Crippen LogP contribution < -0.4 is 10.6 Å². The number of nitrogens with zero attached hydrogens (tertiary/aromatic N) is 1. The van der Waals surface area contributed by atoms with Gasteiger partial charge in [0.2, 0.25) is 11.8 Å². The van der Waals surface area contributed by atoms with E-state index >= 15 is 0 Å². The van der Waals surface area contributed by atoms with Crippen molar-refractivity contribution >= 4 is 5.91 Å². The van der Waals surface area contributed by atoms with Crippen molar-refractivity contribution in [2.75, 3.05) is 0 Å². The van der Waals surface area contributed by atoms with E-state index in [0.717, 1.165) is 31.2 Å². The predicted octanol–water partition coefficient (Wildman–Crippen LogP) is 4.00. The Morgan fingerprint density at radius 1 is 1.21 bits per heavy atom. The number of carbonyl (C=O) groups excluding carboxylic acids is 1. The van der Waals surface area contributed by atoms with Crippen LogP contribution in [0.1, 0.15) is 44.2 Å². The number of nitriles is 1. The normalized spacial score (nSPS) is 18.1. The minimum atomic E-state index is -4.93. The fourth-order valence-electron chi connectivity index (χ4n) is 2.62. The molecule has 1 aliphatic rings. The highest BCUT2D eigenvalue weighted by atomic mass is 19.4. The highest BCUT2D eigenvalue weighted by molar-refractivity contribution is 5.83. The first-order valence-corrected chi connectivity index (χ1v) is 8.61. The lowest BCUT2D eigenvalue weighted by Gasteiger charge is -2.30. The number of rotatable bonds is 8. The highest BCUT2D eigenvalue weighted by Crippen LogP contribution is 2.37. The average molecular weight is 407 g/mol. The molecule has 154 valence electrons. The number of nitrogens with one attached hydrogen (secondary N) is 2. The number of hydrogen-bond donors (Lipinski definition) is 2. The van der Waals surface area contributed by atoms with E-state index in [9.17, 15) is 31.1 Å². The molecule has 0 saturated heterocycles. The molecular weight excluding hydrogens is 388 g/mol. The number of alkyl halides is 5. The van der Waals surface area contributed by atoms with E-state index in [4.69, 9.17) is 5.26 Å². The fourth-order valence-corrected chi connectivity index (χ4v) is 2.62. The molecule has 0 radical (unpaired) electrons. The molecule has 1 saturated carbocycles. The SMILES string of the molecule is CCC(F)(F)C[C@H](N[C@@H](c1ccc(F)cc1)C(F)(F)F)C(=O)NC1(C#N)CC1. The summed E-state index contributed by atoms with van der Waals surface area (Å²) in [6, 6.07) is 0.800. The summed E-state index contributed by atoms with van der Waals surface area (Å²) < 4.78 is 81.4. The van der Waals surface area contributed by atoms with Crippen LogP contribution >= 0.6 is 0 Å². The van der Waals surface area contributed by atoms with Gasteiger partial charge in [-0.2, -0.15) is 18.4 Å². The maximum Gasteiger partial charge on any atom is 0.407 e. The molecular formula is C18H19F6N3O. The van der Waals surface area contributed by atoms with Crippen LogP contribution in [0.2, 0.25) is 0 Å². The maximum atomic E-state index is 13.9. The van der Waals surface area contributed by atoms with Gasteiger partial charge in [0.1, 0.15) is 17.4 Å². The first kappa shape index (κ1) is 22.0. The third kappa shape index (κ3) is 5.61. The molecule has 1 aliphatic carbocycles. The molecule has 0 aromatic heterocycles. The van der Waals surface area contributed by atoms with Crippen LogP contribution in [0.5, 0.6) is 0 Å². The van der Waals surface area contributed by atoms with Gasteiger partial charge in [0.05, 0.1) is 12.1 Å². The van der Waals surface area contributed by atoms with Crippen molar-refractivity contribution in [3.8, 4) is 6.07 Å². The molecule has 4 nitrogen and oxygen atoms in total. The van der Waals surface area contributed by atoms with Crippen molar-refractivity contribution in [1.29, 1.82) is 5.26 Å². The first-order chi connectivity index (χ1) is 12.9. The van der Waals surface area contributed by atoms with Gasteiger partial charge in [0.15, 0.2) is 0 Å². The molecule has 0 spiro atoms. The fraction of sp³-hybridized carbons (Fsp3) is 0.556. The van der Waals surface area contributed by atoms with Crippen LogP contribution in [0.4, 0.5) is 26.3 Å². The minimum absolute atomic E-state index is 0.298. The summed E-state index contributed by atoms with van der Waals surface area (Å²) in [5.74, 6) is -5.26. The van der Waals surface area contributed by atoms with Crippen molar-refractivity contribution in [2.24, 2.45) is 0 Å². The summed E-state index contributed by atoms with van der Waals surface area (Å²) in [4.78, 5) is 12.4. The molecule has 1 fully saturated rings. The zero-order chi connectivity index (χ0) is 21.2. The van der Waals surface area contributed by atoms with Crippen LogP contribution in [-0.4, -0.2) is 29.6 Å². The summed E-state index contributed by atoms with van der Waals surface area (Å²) in [6.45, 7) is 1.15. The third-order valence-corrected chi connectivity index (χ3v) is 4.56. The number of hydrogen-bond acceptors (Lipinski definition) is 3. The smallest absolute Gasteiger partial charge is 0.336 e. The van der Waals surface area contributed by atoms with Gasteiger partial charge in [-0.25, -0.2) is 13.2 Å². The predicted molar refractivity (Wildman–Crippen MR) is 87.7 cm³/mol. The second-order valence-electron chi connectivity index (χ2n) is 6.84. The van der Waals surface area contributed by atoms with Gasteiger partial charge in [0.25, 0.3) is 0 Å². The second kappa shape index (κ2) is 7.99. The Labute approximate surface area is 157 Å². The summed E-state index contributed by atoms with van der Waals surface area (Å²) >= 11 is 0. The van der Waals surface area contributed by atoms with Crippen molar-refractivity contribution < 1.29 is 31.1 Å². The maximum absolute atomic E-state index is 13.9. The van der Waals surface area contributed by atoms with Crippen molar-refractivity contribution in [1.82, 2.24) is 10.6 Å². The van der Waals surface area contributed by atoms with E-state index in [0.29, 0.717) is 12.8 Å². The lowest BCUT2D eigenvalue weighted by atomic mass is 10.0. The summed E-state index contributed by atoms with van der Waals surface area (Å²) in [5.41, 5.74) is -1.64. The molecule has 1 aromatic rings. The van der Waals surface area contributed by atoms with E-state index < -0.39 is 59.9 Å². The van der Waals surface area contributed by atoms with Crippen molar-refractivity contribution in [3.63, 3.8) is 0 Å². The van der Waals surface area contributed by atoms with Crippen LogP contribution in [0.15, 0.2) is 24.3 Å². The van der Waals surface area contributed by atoms with Crippen molar-refractivity contribution in [3.05, 3.63) is 35.6 Å². The Balaban J connectivity index is 2.30. The van der Waals surface area contributed by atoms with E-state index in [-0.39, 0.29) is 0 Å². The molecule has 0 aliphatic heterocycles. The average Bonchev–Trinajstić information content (AvgIpc) is 3.38. The number of benzene rings is 1. The molecule has 0 heterocycles. The van der Waals surface area contributed by atoms with E-state index in [1.54, 1.807) is 0 Å². The lowest BCUT2D eigenvalue weighted by molar-refractivity contribution is -0.163. The molecule has 2 atom stereocenters. The Bertz CT molecular complexity index is 737. The molecule has 0 bridgehead atoms. The largest absolute Gasteiger partial charge is 0.407 e. The van der Waals surface area contributed by atoms with Gasteiger partial charge in [-0.3, -0.25) is 10.1 Å². The molecule has 2 N–H and O–H groups in total. The standard InChI is InChI=1S/C18H19F6N3O/c1-2-17(20,21)9-13(15(28)27-16(10-25)7-8-16)26-14(18(22,23)24)11-3-5-12(19)6-4-11/h3-6,13-14,26H,2,7-9H2,1H3,(H,27,28)/t13-,14-/m0/s1. The Morgan fingerprint density at radius 2 is 1.79 bits per heavy atom. The van der Waals surface area contributed by atoms with Crippen LogP contribution in [0, 0.1) is 17.1 Å². The molecule has 0 unspecified atom stereocenters. The number of amides is 1. The van der Waals surface area contributed by atoms with E-state index in [2.05, 4.69) is 5.32 Å². The van der Waals surface area contributed by atoms with Gasteiger partial charge >= 0.3 is 6.18 Å². The summed E-state index contributed by atoms with van der Waals surface area (Å²) in [7, 11) is 0. The van der Waals surface area contributed by atoms with Crippen LogP contribution in [-0.2, 0) is 4.79 Å². The van der Waals surface area contributed by atoms with Crippen LogP contribution in [0.25, 0.3) is 0 Å². The van der Waals surface area contributed by atoms with Crippen LogP contribution in [0.3, 0.4) is 0 Å². The molecule has 1 aromatic carbocycles. The van der Waals surface area contributed by atoms with Gasteiger partial charge < -0.3 is 5.32 Å². The minimum Gasteiger partial charge on any atom is -0.336 e. The Kier molecular flexibility index (Phi) is 6.28.